The van der Waals surface area contributed by atoms with E-state index in [0.29, 0.717) is 19.0 Å². The first-order valence-corrected chi connectivity index (χ1v) is 7.03. The maximum absolute atomic E-state index is 5.56. The van der Waals surface area contributed by atoms with Crippen LogP contribution in [0, 0.1) is 0 Å². The molecular weight excluding hydrogens is 260 g/mol. The van der Waals surface area contributed by atoms with Crippen LogP contribution >= 0.6 is 11.8 Å². The number of pyridine rings is 1. The van der Waals surface area contributed by atoms with Crippen LogP contribution in [0.15, 0.2) is 41.4 Å². The molecule has 2 N–H and O–H groups in total. The van der Waals surface area contributed by atoms with E-state index in [9.17, 15) is 0 Å². The number of nitrogens with zero attached hydrogens (tertiary/aromatic N) is 1. The van der Waals surface area contributed by atoms with Crippen molar-refractivity contribution in [3.63, 3.8) is 0 Å². The van der Waals surface area contributed by atoms with E-state index in [1.807, 2.05) is 30.3 Å². The number of anilines is 1. The Hall–Kier alpha value is -1.88. The van der Waals surface area contributed by atoms with Gasteiger partial charge in [0.1, 0.15) is 19.0 Å². The largest absolute Gasteiger partial charge is 0.486 e. The second kappa shape index (κ2) is 5.40. The average molecular weight is 274 g/mol. The zero-order valence-electron chi connectivity index (χ0n) is 10.3. The van der Waals surface area contributed by atoms with Crippen LogP contribution in [-0.4, -0.2) is 18.2 Å². The SMILES string of the molecule is Nc1ccc(CSc2ccc3c(c2)OCCO3)cn1. The van der Waals surface area contributed by atoms with Crippen molar-refractivity contribution >= 4 is 17.6 Å². The van der Waals surface area contributed by atoms with Gasteiger partial charge >= 0.3 is 0 Å². The van der Waals surface area contributed by atoms with Gasteiger partial charge in [-0.25, -0.2) is 4.98 Å². The molecule has 3 rings (SSSR count). The van der Waals surface area contributed by atoms with Gasteiger partial charge in [0, 0.05) is 16.8 Å². The highest BCUT2D eigenvalue weighted by atomic mass is 32.2. The second-order valence-corrected chi connectivity index (χ2v) is 5.23. The highest BCUT2D eigenvalue weighted by molar-refractivity contribution is 7.98. The first-order valence-electron chi connectivity index (χ1n) is 6.04. The molecular formula is C14H14N2O2S. The average Bonchev–Trinajstić information content (AvgIpc) is 2.46. The molecule has 0 aliphatic carbocycles. The first-order chi connectivity index (χ1) is 9.31. The van der Waals surface area contributed by atoms with Gasteiger partial charge in [0.2, 0.25) is 0 Å². The lowest BCUT2D eigenvalue weighted by atomic mass is 10.3. The zero-order valence-corrected chi connectivity index (χ0v) is 11.2. The van der Waals surface area contributed by atoms with Crippen molar-refractivity contribution in [1.82, 2.24) is 4.98 Å². The molecule has 0 atom stereocenters. The van der Waals surface area contributed by atoms with Crippen molar-refractivity contribution < 1.29 is 9.47 Å². The Morgan fingerprint density at radius 2 is 1.95 bits per heavy atom. The summed E-state index contributed by atoms with van der Waals surface area (Å²) < 4.78 is 11.1. The summed E-state index contributed by atoms with van der Waals surface area (Å²) in [6.07, 6.45) is 1.81. The summed E-state index contributed by atoms with van der Waals surface area (Å²) in [7, 11) is 0. The van der Waals surface area contributed by atoms with Crippen LogP contribution < -0.4 is 15.2 Å². The third-order valence-corrected chi connectivity index (χ3v) is 3.83. The van der Waals surface area contributed by atoms with Crippen LogP contribution in [0.4, 0.5) is 5.82 Å². The van der Waals surface area contributed by atoms with E-state index in [2.05, 4.69) is 4.98 Å². The Morgan fingerprint density at radius 1 is 1.11 bits per heavy atom. The Bertz CT molecular complexity index is 572. The number of nitrogen functional groups attached to an aromatic ring is 1. The Kier molecular flexibility index (Phi) is 3.46. The first kappa shape index (κ1) is 12.2. The monoisotopic (exact) mass is 274 g/mol. The van der Waals surface area contributed by atoms with Gasteiger partial charge in [-0.3, -0.25) is 0 Å². The van der Waals surface area contributed by atoms with Crippen LogP contribution in [0.5, 0.6) is 11.5 Å². The molecule has 0 fully saturated rings. The fourth-order valence-corrected chi connectivity index (χ4v) is 2.66. The second-order valence-electron chi connectivity index (χ2n) is 4.19. The highest BCUT2D eigenvalue weighted by Gasteiger charge is 2.11. The van der Waals surface area contributed by atoms with Gasteiger partial charge in [-0.1, -0.05) is 6.07 Å². The highest BCUT2D eigenvalue weighted by Crippen LogP contribution is 2.35. The molecule has 2 heterocycles. The summed E-state index contributed by atoms with van der Waals surface area (Å²) in [6.45, 7) is 1.24. The number of hydrogen-bond donors (Lipinski definition) is 1. The van der Waals surface area contributed by atoms with Crippen LogP contribution in [0.3, 0.4) is 0 Å². The summed E-state index contributed by atoms with van der Waals surface area (Å²) in [6, 6.07) is 9.83. The van der Waals surface area contributed by atoms with E-state index >= 15 is 0 Å². The Morgan fingerprint density at radius 3 is 2.74 bits per heavy atom. The summed E-state index contributed by atoms with van der Waals surface area (Å²) >= 11 is 1.74. The molecule has 0 unspecified atom stereocenters. The minimum absolute atomic E-state index is 0.549. The maximum Gasteiger partial charge on any atom is 0.162 e. The lowest BCUT2D eigenvalue weighted by Crippen LogP contribution is -2.15. The van der Waals surface area contributed by atoms with Gasteiger partial charge in [0.15, 0.2) is 11.5 Å². The Labute approximate surface area is 115 Å². The van der Waals surface area contributed by atoms with Crippen LogP contribution in [-0.2, 0) is 5.75 Å². The molecule has 0 radical (unpaired) electrons. The number of fused-ring (bicyclic) bond motifs is 1. The quantitative estimate of drug-likeness (QED) is 0.872. The molecule has 98 valence electrons. The molecule has 1 aliphatic rings. The van der Waals surface area contributed by atoms with E-state index in [4.69, 9.17) is 15.2 Å². The summed E-state index contributed by atoms with van der Waals surface area (Å²) in [5, 5.41) is 0. The molecule has 4 nitrogen and oxygen atoms in total. The van der Waals surface area contributed by atoms with Gasteiger partial charge in [-0.15, -0.1) is 11.8 Å². The van der Waals surface area contributed by atoms with Crippen molar-refractivity contribution in [1.29, 1.82) is 0 Å². The van der Waals surface area contributed by atoms with Gasteiger partial charge in [-0.2, -0.15) is 0 Å². The summed E-state index contributed by atoms with van der Waals surface area (Å²) in [4.78, 5) is 5.24. The number of rotatable bonds is 3. The lowest BCUT2D eigenvalue weighted by Gasteiger charge is -2.18. The van der Waals surface area contributed by atoms with Crippen LogP contribution in [0.2, 0.25) is 0 Å². The number of hydrogen-bond acceptors (Lipinski definition) is 5. The van der Waals surface area contributed by atoms with E-state index in [-0.39, 0.29) is 0 Å². The fourth-order valence-electron chi connectivity index (χ4n) is 1.80. The minimum atomic E-state index is 0.549. The van der Waals surface area contributed by atoms with Crippen LogP contribution in [0.1, 0.15) is 5.56 Å². The molecule has 1 aliphatic heterocycles. The molecule has 1 aromatic heterocycles. The van der Waals surface area contributed by atoms with Gasteiger partial charge < -0.3 is 15.2 Å². The maximum atomic E-state index is 5.56. The zero-order chi connectivity index (χ0) is 13.1. The standard InChI is InChI=1S/C14H14N2O2S/c15-14-4-1-10(8-16-14)9-19-11-2-3-12-13(7-11)18-6-5-17-12/h1-4,7-8H,5-6,9H2,(H2,15,16). The molecule has 0 amide bonds. The topological polar surface area (TPSA) is 57.4 Å². The van der Waals surface area contributed by atoms with E-state index in [1.54, 1.807) is 18.0 Å². The van der Waals surface area contributed by atoms with Gasteiger partial charge in [0.05, 0.1) is 0 Å². The number of ether oxygens (including phenoxy) is 2. The normalized spacial score (nSPS) is 13.3. The third-order valence-electron chi connectivity index (χ3n) is 2.77. The minimum Gasteiger partial charge on any atom is -0.486 e. The van der Waals surface area contributed by atoms with Crippen LogP contribution in [0.25, 0.3) is 0 Å². The van der Waals surface area contributed by atoms with Gasteiger partial charge in [-0.05, 0) is 29.8 Å². The van der Waals surface area contributed by atoms with Crippen molar-refractivity contribution in [2.75, 3.05) is 18.9 Å². The predicted octanol–water partition coefficient (Wildman–Crippen LogP) is 2.73. The molecule has 19 heavy (non-hydrogen) atoms. The lowest BCUT2D eigenvalue weighted by molar-refractivity contribution is 0.171. The Balaban J connectivity index is 1.68. The van der Waals surface area contributed by atoms with Crippen molar-refractivity contribution in [3.05, 3.63) is 42.1 Å². The molecule has 0 bridgehead atoms. The molecule has 5 heteroatoms. The predicted molar refractivity (Wildman–Crippen MR) is 75.6 cm³/mol. The summed E-state index contributed by atoms with van der Waals surface area (Å²) in [5.41, 5.74) is 6.71. The number of aromatic nitrogens is 1. The van der Waals surface area contributed by atoms with E-state index in [0.717, 1.165) is 27.7 Å². The fraction of sp³-hybridized carbons (Fsp3) is 0.214. The molecule has 1 aromatic carbocycles. The molecule has 0 spiro atoms. The van der Waals surface area contributed by atoms with Crippen molar-refractivity contribution in [2.24, 2.45) is 0 Å². The third kappa shape index (κ3) is 2.93. The smallest absolute Gasteiger partial charge is 0.162 e. The van der Waals surface area contributed by atoms with Crippen molar-refractivity contribution in [3.8, 4) is 11.5 Å². The molecule has 2 aromatic rings. The number of benzene rings is 1. The van der Waals surface area contributed by atoms with E-state index < -0.39 is 0 Å². The summed E-state index contributed by atoms with van der Waals surface area (Å²) in [5.74, 6) is 3.05. The number of thioether (sulfide) groups is 1. The molecule has 0 saturated carbocycles. The molecule has 0 saturated heterocycles. The number of nitrogens with two attached hydrogens (primary N) is 1. The van der Waals surface area contributed by atoms with Crippen molar-refractivity contribution in [2.45, 2.75) is 10.6 Å². The van der Waals surface area contributed by atoms with Gasteiger partial charge in [0.25, 0.3) is 0 Å². The van der Waals surface area contributed by atoms with E-state index in [1.165, 1.54) is 0 Å².